The molecule has 0 bridgehead atoms. The zero-order valence-corrected chi connectivity index (χ0v) is 14.4. The molecule has 2 unspecified atom stereocenters. The van der Waals surface area contributed by atoms with Crippen LogP contribution < -0.4 is 4.74 Å². The van der Waals surface area contributed by atoms with E-state index in [0.717, 1.165) is 11.3 Å². The number of hydrogen-bond donors (Lipinski definition) is 1. The van der Waals surface area contributed by atoms with Crippen molar-refractivity contribution >= 4 is 11.9 Å². The van der Waals surface area contributed by atoms with Crippen molar-refractivity contribution in [2.45, 2.75) is 25.7 Å². The van der Waals surface area contributed by atoms with Gasteiger partial charge in [0.15, 0.2) is 0 Å². The summed E-state index contributed by atoms with van der Waals surface area (Å²) in [7, 11) is 3.10. The first-order chi connectivity index (χ1) is 11.4. The van der Waals surface area contributed by atoms with Crippen LogP contribution in [0.15, 0.2) is 24.3 Å². The normalized spacial score (nSPS) is 21.5. The topological polar surface area (TPSA) is 76.1 Å². The molecule has 2 atom stereocenters. The Morgan fingerprint density at radius 2 is 2.04 bits per heavy atom. The molecule has 0 saturated carbocycles. The number of hydrogen-bond acceptors (Lipinski definition) is 4. The number of aliphatic carboxylic acids is 1. The van der Waals surface area contributed by atoms with Crippen molar-refractivity contribution in [1.29, 1.82) is 0 Å². The lowest BCUT2D eigenvalue weighted by molar-refractivity contribution is -0.151. The summed E-state index contributed by atoms with van der Waals surface area (Å²) in [5, 5.41) is 9.49. The van der Waals surface area contributed by atoms with Gasteiger partial charge in [0.05, 0.1) is 13.7 Å². The Hall–Kier alpha value is -2.08. The smallest absolute Gasteiger partial charge is 0.313 e. The standard InChI is InChI=1S/C18H25NO5/c1-13(14-6-4-5-7-15(14)24-3)10-16(20)19-9-8-18(11-19,12-23-2)17(21)22/h4-7,13H,8-12H2,1-3H3,(H,21,22). The lowest BCUT2D eigenvalue weighted by atomic mass is 9.88. The van der Waals surface area contributed by atoms with E-state index in [1.54, 1.807) is 12.0 Å². The Morgan fingerprint density at radius 3 is 2.67 bits per heavy atom. The minimum Gasteiger partial charge on any atom is -0.496 e. The number of ether oxygens (including phenoxy) is 2. The Bertz CT molecular complexity index is 603. The van der Waals surface area contributed by atoms with Gasteiger partial charge in [-0.15, -0.1) is 0 Å². The maximum atomic E-state index is 12.6. The van der Waals surface area contributed by atoms with Gasteiger partial charge in [0, 0.05) is 26.6 Å². The fourth-order valence-electron chi connectivity index (χ4n) is 3.29. The number of carbonyl (C=O) groups is 2. The van der Waals surface area contributed by atoms with Gasteiger partial charge in [-0.25, -0.2) is 0 Å². The lowest BCUT2D eigenvalue weighted by Gasteiger charge is -2.24. The molecule has 0 aliphatic carbocycles. The van der Waals surface area contributed by atoms with Crippen LogP contribution in [0.1, 0.15) is 31.2 Å². The predicted molar refractivity (Wildman–Crippen MR) is 89.2 cm³/mol. The molecular formula is C18H25NO5. The highest BCUT2D eigenvalue weighted by Gasteiger charge is 2.46. The fraction of sp³-hybridized carbons (Fsp3) is 0.556. The van der Waals surface area contributed by atoms with Crippen LogP contribution in [0.2, 0.25) is 0 Å². The molecule has 1 aromatic rings. The van der Waals surface area contributed by atoms with Gasteiger partial charge in [0.2, 0.25) is 5.91 Å². The van der Waals surface area contributed by atoms with Crippen LogP contribution in [0, 0.1) is 5.41 Å². The summed E-state index contributed by atoms with van der Waals surface area (Å²) in [6.45, 7) is 2.75. The van der Waals surface area contributed by atoms with Crippen LogP contribution in [0.3, 0.4) is 0 Å². The summed E-state index contributed by atoms with van der Waals surface area (Å²) in [6.07, 6.45) is 0.744. The number of carboxylic acid groups (broad SMARTS) is 1. The molecule has 1 aromatic carbocycles. The molecule has 132 valence electrons. The first kappa shape index (κ1) is 18.3. The van der Waals surface area contributed by atoms with Crippen molar-refractivity contribution in [3.63, 3.8) is 0 Å². The number of nitrogens with zero attached hydrogens (tertiary/aromatic N) is 1. The number of carbonyl (C=O) groups excluding carboxylic acids is 1. The molecule has 1 N–H and O–H groups in total. The molecule has 1 aliphatic heterocycles. The van der Waals surface area contributed by atoms with Crippen LogP contribution in [0.25, 0.3) is 0 Å². The molecule has 0 aromatic heterocycles. The van der Waals surface area contributed by atoms with E-state index in [9.17, 15) is 14.7 Å². The zero-order valence-electron chi connectivity index (χ0n) is 14.4. The third-order valence-corrected chi connectivity index (χ3v) is 4.73. The second-order valence-corrected chi connectivity index (χ2v) is 6.43. The van der Waals surface area contributed by atoms with Crippen LogP contribution in [0.4, 0.5) is 0 Å². The average Bonchev–Trinajstić information content (AvgIpc) is 3.01. The molecule has 1 fully saturated rings. The monoisotopic (exact) mass is 335 g/mol. The Kier molecular flexibility index (Phi) is 5.83. The van der Waals surface area contributed by atoms with Crippen LogP contribution >= 0.6 is 0 Å². The Labute approximate surface area is 142 Å². The van der Waals surface area contributed by atoms with E-state index >= 15 is 0 Å². The Balaban J connectivity index is 2.04. The molecule has 2 rings (SSSR count). The van der Waals surface area contributed by atoms with Crippen molar-refractivity contribution in [1.82, 2.24) is 4.90 Å². The maximum absolute atomic E-state index is 12.6. The quantitative estimate of drug-likeness (QED) is 0.826. The molecule has 0 radical (unpaired) electrons. The predicted octanol–water partition coefficient (Wildman–Crippen LogP) is 2.14. The summed E-state index contributed by atoms with van der Waals surface area (Å²) in [4.78, 5) is 25.8. The van der Waals surface area contributed by atoms with E-state index in [1.165, 1.54) is 7.11 Å². The van der Waals surface area contributed by atoms with Crippen molar-refractivity contribution in [3.8, 4) is 5.75 Å². The third kappa shape index (κ3) is 3.70. The van der Waals surface area contributed by atoms with Crippen LogP contribution in [0.5, 0.6) is 5.75 Å². The number of methoxy groups -OCH3 is 2. The Morgan fingerprint density at radius 1 is 1.33 bits per heavy atom. The lowest BCUT2D eigenvalue weighted by Crippen LogP contribution is -2.40. The second kappa shape index (κ2) is 7.66. The number of benzene rings is 1. The number of amides is 1. The van der Waals surface area contributed by atoms with Crippen molar-refractivity contribution in [2.24, 2.45) is 5.41 Å². The highest BCUT2D eigenvalue weighted by molar-refractivity contribution is 5.81. The average molecular weight is 335 g/mol. The van der Waals surface area contributed by atoms with E-state index in [0.29, 0.717) is 19.4 Å². The number of para-hydroxylation sites is 1. The van der Waals surface area contributed by atoms with E-state index in [4.69, 9.17) is 9.47 Å². The minimum atomic E-state index is -0.988. The third-order valence-electron chi connectivity index (χ3n) is 4.73. The highest BCUT2D eigenvalue weighted by Crippen LogP contribution is 2.34. The molecule has 24 heavy (non-hydrogen) atoms. The van der Waals surface area contributed by atoms with Gasteiger partial charge in [-0.2, -0.15) is 0 Å². The SMILES string of the molecule is COCC1(C(=O)O)CCN(C(=O)CC(C)c2ccccc2OC)C1. The van der Waals surface area contributed by atoms with Crippen LogP contribution in [-0.2, 0) is 14.3 Å². The highest BCUT2D eigenvalue weighted by atomic mass is 16.5. The summed E-state index contributed by atoms with van der Waals surface area (Å²) in [5.74, 6) is -0.181. The summed E-state index contributed by atoms with van der Waals surface area (Å²) in [5.41, 5.74) is -0.00751. The molecule has 1 heterocycles. The molecule has 0 spiro atoms. The summed E-state index contributed by atoms with van der Waals surface area (Å²) >= 11 is 0. The van der Waals surface area contributed by atoms with Gasteiger partial charge >= 0.3 is 5.97 Å². The van der Waals surface area contributed by atoms with E-state index in [1.807, 2.05) is 31.2 Å². The van der Waals surface area contributed by atoms with Crippen molar-refractivity contribution < 1.29 is 24.2 Å². The molecule has 1 aliphatic rings. The van der Waals surface area contributed by atoms with Gasteiger partial charge in [0.1, 0.15) is 11.2 Å². The molecule has 1 amide bonds. The van der Waals surface area contributed by atoms with Crippen molar-refractivity contribution in [2.75, 3.05) is 33.9 Å². The summed E-state index contributed by atoms with van der Waals surface area (Å²) in [6, 6.07) is 7.64. The number of likely N-dealkylation sites (tertiary alicyclic amines) is 1. The van der Waals surface area contributed by atoms with Gasteiger partial charge in [0.25, 0.3) is 0 Å². The molecule has 6 nitrogen and oxygen atoms in total. The second-order valence-electron chi connectivity index (χ2n) is 6.43. The minimum absolute atomic E-state index is 0.00379. The largest absolute Gasteiger partial charge is 0.496 e. The molecular weight excluding hydrogens is 310 g/mol. The van der Waals surface area contributed by atoms with Gasteiger partial charge < -0.3 is 19.5 Å². The molecule has 6 heteroatoms. The van der Waals surface area contributed by atoms with Crippen LogP contribution in [-0.4, -0.2) is 55.8 Å². The maximum Gasteiger partial charge on any atom is 0.313 e. The van der Waals surface area contributed by atoms with Gasteiger partial charge in [-0.05, 0) is 24.0 Å². The van der Waals surface area contributed by atoms with Gasteiger partial charge in [-0.3, -0.25) is 9.59 Å². The first-order valence-electron chi connectivity index (χ1n) is 8.06. The first-order valence-corrected chi connectivity index (χ1v) is 8.06. The van der Waals surface area contributed by atoms with E-state index in [2.05, 4.69) is 0 Å². The van der Waals surface area contributed by atoms with Gasteiger partial charge in [-0.1, -0.05) is 25.1 Å². The molecule has 1 saturated heterocycles. The van der Waals surface area contributed by atoms with Crippen molar-refractivity contribution in [3.05, 3.63) is 29.8 Å². The number of carboxylic acids is 1. The van der Waals surface area contributed by atoms with E-state index < -0.39 is 11.4 Å². The summed E-state index contributed by atoms with van der Waals surface area (Å²) < 4.78 is 10.4. The zero-order chi connectivity index (χ0) is 17.7. The fourth-order valence-corrected chi connectivity index (χ4v) is 3.29. The van der Waals surface area contributed by atoms with E-state index in [-0.39, 0.29) is 25.0 Å². The number of rotatable bonds is 7.